The summed E-state index contributed by atoms with van der Waals surface area (Å²) in [7, 11) is 1.85. The first kappa shape index (κ1) is 14.4. The minimum atomic E-state index is -0.509. The molecule has 3 heteroatoms. The molecule has 1 aromatic carbocycles. The van der Waals surface area contributed by atoms with Gasteiger partial charge in [0.25, 0.3) is 0 Å². The fraction of sp³-hybridized carbons (Fsp3) is 0.625. The molecule has 1 unspecified atom stereocenters. The molecule has 1 saturated carbocycles. The monoisotopic (exact) mass is 267 g/mol. The molecule has 19 heavy (non-hydrogen) atoms. The van der Waals surface area contributed by atoms with Gasteiger partial charge in [-0.05, 0) is 25.5 Å². The van der Waals surface area contributed by atoms with E-state index >= 15 is 0 Å². The van der Waals surface area contributed by atoms with Gasteiger partial charge in [-0.2, -0.15) is 0 Å². The van der Waals surface area contributed by atoms with E-state index in [0.29, 0.717) is 11.5 Å². The summed E-state index contributed by atoms with van der Waals surface area (Å²) in [6.07, 6.45) is 8.64. The Kier molecular flexibility index (Phi) is 5.32. The van der Waals surface area contributed by atoms with Crippen LogP contribution < -0.4 is 5.32 Å². The second-order valence-electron chi connectivity index (χ2n) is 5.60. The van der Waals surface area contributed by atoms with Crippen LogP contribution in [-0.2, 0) is 0 Å². The van der Waals surface area contributed by atoms with Crippen LogP contribution in [0.25, 0.3) is 0 Å². The predicted molar refractivity (Wildman–Crippen MR) is 74.0 cm³/mol. The molecule has 106 valence electrons. The van der Waals surface area contributed by atoms with E-state index in [2.05, 4.69) is 5.32 Å². The van der Waals surface area contributed by atoms with Gasteiger partial charge < -0.3 is 5.32 Å². The molecule has 1 fully saturated rings. The maximum Gasteiger partial charge on any atom is 0.130 e. The van der Waals surface area contributed by atoms with E-state index in [9.17, 15) is 8.78 Å². The normalized spacial score (nSPS) is 19.1. The largest absolute Gasteiger partial charge is 0.313 e. The summed E-state index contributed by atoms with van der Waals surface area (Å²) in [5.74, 6) is -0.289. The fourth-order valence-corrected chi connectivity index (χ4v) is 3.12. The van der Waals surface area contributed by atoms with Crippen molar-refractivity contribution in [1.29, 1.82) is 0 Å². The fourth-order valence-electron chi connectivity index (χ4n) is 3.12. The molecular weight excluding hydrogens is 244 g/mol. The smallest absolute Gasteiger partial charge is 0.130 e. The first-order valence-corrected chi connectivity index (χ1v) is 7.33. The molecule has 0 bridgehead atoms. The lowest BCUT2D eigenvalue weighted by molar-refractivity contribution is 0.361. The van der Waals surface area contributed by atoms with Crippen LogP contribution in [-0.4, -0.2) is 7.05 Å². The maximum absolute atomic E-state index is 13.8. The zero-order valence-corrected chi connectivity index (χ0v) is 11.6. The van der Waals surface area contributed by atoms with Crippen molar-refractivity contribution in [2.45, 2.75) is 51.0 Å². The van der Waals surface area contributed by atoms with Crippen molar-refractivity contribution < 1.29 is 8.78 Å². The van der Waals surface area contributed by atoms with Gasteiger partial charge in [-0.1, -0.05) is 44.6 Å². The molecule has 1 nitrogen and oxygen atoms in total. The summed E-state index contributed by atoms with van der Waals surface area (Å²) in [5.41, 5.74) is 0.591. The Morgan fingerprint density at radius 2 is 1.84 bits per heavy atom. The highest BCUT2D eigenvalue weighted by atomic mass is 19.1. The van der Waals surface area contributed by atoms with E-state index < -0.39 is 11.6 Å². The van der Waals surface area contributed by atoms with Crippen molar-refractivity contribution in [3.63, 3.8) is 0 Å². The van der Waals surface area contributed by atoms with Crippen molar-refractivity contribution in [2.75, 3.05) is 7.05 Å². The molecule has 1 aliphatic carbocycles. The molecule has 1 aliphatic rings. The number of hydrogen-bond donors (Lipinski definition) is 1. The minimum absolute atomic E-state index is 0.0105. The van der Waals surface area contributed by atoms with Gasteiger partial charge in [0.15, 0.2) is 0 Å². The standard InChI is InChI=1S/C16H23F2N/c1-19-16(10-12-6-4-2-3-5-7-12)14-9-8-13(17)11-15(14)18/h8-9,11-12,16,19H,2-7,10H2,1H3. The van der Waals surface area contributed by atoms with E-state index in [1.807, 2.05) is 7.05 Å². The summed E-state index contributed by atoms with van der Waals surface area (Å²) in [6.45, 7) is 0. The van der Waals surface area contributed by atoms with E-state index in [4.69, 9.17) is 0 Å². The number of hydrogen-bond acceptors (Lipinski definition) is 1. The van der Waals surface area contributed by atoms with Gasteiger partial charge >= 0.3 is 0 Å². The topological polar surface area (TPSA) is 12.0 Å². The summed E-state index contributed by atoms with van der Waals surface area (Å²) in [5, 5.41) is 3.18. The van der Waals surface area contributed by atoms with Crippen molar-refractivity contribution in [3.05, 3.63) is 35.4 Å². The van der Waals surface area contributed by atoms with Gasteiger partial charge in [0.1, 0.15) is 11.6 Å². The van der Waals surface area contributed by atoms with Crippen LogP contribution in [0.2, 0.25) is 0 Å². The number of halogens is 2. The quantitative estimate of drug-likeness (QED) is 0.787. The Hall–Kier alpha value is -0.960. The van der Waals surface area contributed by atoms with Gasteiger partial charge in [0.2, 0.25) is 0 Å². The molecule has 0 spiro atoms. The summed E-state index contributed by atoms with van der Waals surface area (Å²) in [4.78, 5) is 0. The van der Waals surface area contributed by atoms with E-state index in [-0.39, 0.29) is 6.04 Å². The van der Waals surface area contributed by atoms with Crippen LogP contribution in [0.1, 0.15) is 56.6 Å². The zero-order valence-electron chi connectivity index (χ0n) is 11.6. The van der Waals surface area contributed by atoms with Crippen molar-refractivity contribution >= 4 is 0 Å². The Labute approximate surface area is 114 Å². The highest BCUT2D eigenvalue weighted by Crippen LogP contribution is 2.31. The van der Waals surface area contributed by atoms with Crippen LogP contribution in [0.3, 0.4) is 0 Å². The SMILES string of the molecule is CNC(CC1CCCCCC1)c1ccc(F)cc1F. The average molecular weight is 267 g/mol. The molecule has 1 N–H and O–H groups in total. The Morgan fingerprint density at radius 3 is 2.42 bits per heavy atom. The number of nitrogens with one attached hydrogen (secondary N) is 1. The third-order valence-electron chi connectivity index (χ3n) is 4.23. The Bertz CT molecular complexity index is 398. The molecular formula is C16H23F2N. The van der Waals surface area contributed by atoms with Gasteiger partial charge in [0, 0.05) is 17.7 Å². The Morgan fingerprint density at radius 1 is 1.16 bits per heavy atom. The minimum Gasteiger partial charge on any atom is -0.313 e. The zero-order chi connectivity index (χ0) is 13.7. The second kappa shape index (κ2) is 6.99. The molecule has 0 aliphatic heterocycles. The molecule has 2 rings (SSSR count). The third-order valence-corrected chi connectivity index (χ3v) is 4.23. The first-order valence-electron chi connectivity index (χ1n) is 7.33. The van der Waals surface area contributed by atoms with Crippen LogP contribution in [0.5, 0.6) is 0 Å². The maximum atomic E-state index is 13.8. The molecule has 0 saturated heterocycles. The van der Waals surface area contributed by atoms with E-state index in [1.54, 1.807) is 6.07 Å². The molecule has 1 atom stereocenters. The summed E-state index contributed by atoms with van der Waals surface area (Å²) in [6, 6.07) is 3.88. The van der Waals surface area contributed by atoms with Gasteiger partial charge in [-0.25, -0.2) is 8.78 Å². The number of benzene rings is 1. The highest BCUT2D eigenvalue weighted by molar-refractivity contribution is 5.22. The molecule has 0 heterocycles. The van der Waals surface area contributed by atoms with E-state index in [1.165, 1.54) is 44.6 Å². The lowest BCUT2D eigenvalue weighted by atomic mass is 9.89. The summed E-state index contributed by atoms with van der Waals surface area (Å²) < 4.78 is 26.8. The van der Waals surface area contributed by atoms with Gasteiger partial charge in [0.05, 0.1) is 0 Å². The van der Waals surface area contributed by atoms with Crippen LogP contribution in [0.4, 0.5) is 8.78 Å². The number of rotatable bonds is 4. The van der Waals surface area contributed by atoms with Gasteiger partial charge in [-0.15, -0.1) is 0 Å². The Balaban J connectivity index is 2.06. The van der Waals surface area contributed by atoms with Crippen molar-refractivity contribution in [2.24, 2.45) is 5.92 Å². The van der Waals surface area contributed by atoms with Crippen LogP contribution >= 0.6 is 0 Å². The molecule has 0 aromatic heterocycles. The molecule has 1 aromatic rings. The molecule has 0 radical (unpaired) electrons. The second-order valence-corrected chi connectivity index (χ2v) is 5.60. The average Bonchev–Trinajstić information content (AvgIpc) is 2.65. The first-order chi connectivity index (χ1) is 9.20. The van der Waals surface area contributed by atoms with Crippen molar-refractivity contribution in [1.82, 2.24) is 5.32 Å². The summed E-state index contributed by atoms with van der Waals surface area (Å²) >= 11 is 0. The highest BCUT2D eigenvalue weighted by Gasteiger charge is 2.20. The molecule has 0 amide bonds. The van der Waals surface area contributed by atoms with Crippen molar-refractivity contribution in [3.8, 4) is 0 Å². The van der Waals surface area contributed by atoms with Crippen LogP contribution in [0.15, 0.2) is 18.2 Å². The van der Waals surface area contributed by atoms with Crippen LogP contribution in [0, 0.1) is 17.6 Å². The van der Waals surface area contributed by atoms with Gasteiger partial charge in [-0.3, -0.25) is 0 Å². The third kappa shape index (κ3) is 4.00. The lowest BCUT2D eigenvalue weighted by Gasteiger charge is -2.23. The lowest BCUT2D eigenvalue weighted by Crippen LogP contribution is -2.21. The predicted octanol–water partition coefficient (Wildman–Crippen LogP) is 4.59. The van der Waals surface area contributed by atoms with E-state index in [0.717, 1.165) is 12.5 Å².